The molecule has 1 N–H and O–H groups in total. The molecular formula is C25H29N7O2. The van der Waals surface area contributed by atoms with Gasteiger partial charge in [0.05, 0.1) is 18.9 Å². The van der Waals surface area contributed by atoms with Crippen molar-refractivity contribution in [1.29, 1.82) is 0 Å². The van der Waals surface area contributed by atoms with E-state index in [-0.39, 0.29) is 0 Å². The van der Waals surface area contributed by atoms with E-state index in [2.05, 4.69) is 20.2 Å². The van der Waals surface area contributed by atoms with Crippen LogP contribution in [-0.4, -0.2) is 57.9 Å². The molecule has 34 heavy (non-hydrogen) atoms. The van der Waals surface area contributed by atoms with Crippen LogP contribution >= 0.6 is 0 Å². The van der Waals surface area contributed by atoms with Crippen molar-refractivity contribution in [1.82, 2.24) is 24.5 Å². The van der Waals surface area contributed by atoms with E-state index in [0.29, 0.717) is 17.8 Å². The van der Waals surface area contributed by atoms with Gasteiger partial charge < -0.3 is 24.3 Å². The maximum Gasteiger partial charge on any atom is 0.227 e. The average Bonchev–Trinajstić information content (AvgIpc) is 3.30. The van der Waals surface area contributed by atoms with Gasteiger partial charge in [0, 0.05) is 62.5 Å². The van der Waals surface area contributed by atoms with Crippen molar-refractivity contribution >= 4 is 28.4 Å². The molecule has 0 spiro atoms. The van der Waals surface area contributed by atoms with Gasteiger partial charge in [-0.05, 0) is 44.0 Å². The predicted octanol–water partition coefficient (Wildman–Crippen LogP) is 4.10. The summed E-state index contributed by atoms with van der Waals surface area (Å²) in [6.07, 6.45) is 7.80. The molecule has 0 amide bonds. The first-order valence-corrected chi connectivity index (χ1v) is 11.4. The Morgan fingerprint density at radius 1 is 1.06 bits per heavy atom. The van der Waals surface area contributed by atoms with E-state index in [4.69, 9.17) is 19.4 Å². The van der Waals surface area contributed by atoms with Crippen molar-refractivity contribution in [2.24, 2.45) is 7.05 Å². The van der Waals surface area contributed by atoms with Crippen LogP contribution in [0.3, 0.4) is 0 Å². The molecule has 9 nitrogen and oxygen atoms in total. The van der Waals surface area contributed by atoms with Crippen molar-refractivity contribution < 1.29 is 9.47 Å². The number of nitrogens with one attached hydrogen (secondary N) is 1. The number of nitrogens with zero attached hydrogens (tertiary/aromatic N) is 6. The first-order valence-electron chi connectivity index (χ1n) is 11.4. The number of pyridine rings is 1. The van der Waals surface area contributed by atoms with Crippen LogP contribution in [0.15, 0.2) is 42.9 Å². The van der Waals surface area contributed by atoms with E-state index in [0.717, 1.165) is 65.4 Å². The van der Waals surface area contributed by atoms with Gasteiger partial charge >= 0.3 is 0 Å². The number of aryl methyl sites for hydroxylation is 2. The standard InChI is InChI=1S/C25H29N7O2/c1-16-13-18-15-27-25(30-22(18)24(28-16)32-10-7-19(33-3)8-11-32)29-20-6-5-17(14-21(20)34-4)23-26-9-12-31(23)2/h5-6,9,12-15,19H,7-8,10-11H2,1-4H3,(H,27,29,30). The molecule has 1 fully saturated rings. The molecule has 9 heteroatoms. The number of hydrogen-bond acceptors (Lipinski definition) is 8. The summed E-state index contributed by atoms with van der Waals surface area (Å²) >= 11 is 0. The third-order valence-electron chi connectivity index (χ3n) is 6.28. The van der Waals surface area contributed by atoms with E-state index in [9.17, 15) is 0 Å². The summed E-state index contributed by atoms with van der Waals surface area (Å²) < 4.78 is 13.2. The van der Waals surface area contributed by atoms with Gasteiger partial charge in [0.15, 0.2) is 5.82 Å². The van der Waals surface area contributed by atoms with Crippen molar-refractivity contribution in [3.8, 4) is 17.1 Å². The molecule has 3 aromatic heterocycles. The number of aromatic nitrogens is 5. The Morgan fingerprint density at radius 3 is 2.59 bits per heavy atom. The van der Waals surface area contributed by atoms with E-state index < -0.39 is 0 Å². The molecule has 0 aliphatic carbocycles. The van der Waals surface area contributed by atoms with E-state index >= 15 is 0 Å². The molecule has 1 aromatic carbocycles. The highest BCUT2D eigenvalue weighted by Crippen LogP contribution is 2.33. The van der Waals surface area contributed by atoms with Crippen molar-refractivity contribution in [3.63, 3.8) is 0 Å². The number of anilines is 3. The largest absolute Gasteiger partial charge is 0.495 e. The monoisotopic (exact) mass is 459 g/mol. The van der Waals surface area contributed by atoms with Gasteiger partial charge in [0.1, 0.15) is 17.1 Å². The summed E-state index contributed by atoms with van der Waals surface area (Å²) in [6, 6.07) is 7.94. The van der Waals surface area contributed by atoms with Gasteiger partial charge in [-0.1, -0.05) is 0 Å². The fourth-order valence-electron chi connectivity index (χ4n) is 4.43. The van der Waals surface area contributed by atoms with E-state index in [1.165, 1.54) is 0 Å². The normalized spacial score (nSPS) is 14.5. The molecule has 1 aliphatic rings. The Labute approximate surface area is 198 Å². The maximum absolute atomic E-state index is 5.65. The minimum absolute atomic E-state index is 0.306. The van der Waals surface area contributed by atoms with Gasteiger partial charge in [-0.2, -0.15) is 0 Å². The van der Waals surface area contributed by atoms with Crippen LogP contribution in [0.4, 0.5) is 17.5 Å². The van der Waals surface area contributed by atoms with Crippen molar-refractivity contribution in [2.45, 2.75) is 25.9 Å². The minimum atomic E-state index is 0.306. The fourth-order valence-corrected chi connectivity index (χ4v) is 4.43. The van der Waals surface area contributed by atoms with Crippen LogP contribution in [0.5, 0.6) is 5.75 Å². The summed E-state index contributed by atoms with van der Waals surface area (Å²) in [6.45, 7) is 3.78. The van der Waals surface area contributed by atoms with Crippen LogP contribution < -0.4 is 15.0 Å². The average molecular weight is 460 g/mol. The zero-order valence-corrected chi connectivity index (χ0v) is 19.9. The molecular weight excluding hydrogens is 430 g/mol. The number of benzene rings is 1. The lowest BCUT2D eigenvalue weighted by molar-refractivity contribution is 0.0818. The first kappa shape index (κ1) is 22.1. The maximum atomic E-state index is 5.65. The second-order valence-corrected chi connectivity index (χ2v) is 8.54. The predicted molar refractivity (Wildman–Crippen MR) is 133 cm³/mol. The lowest BCUT2D eigenvalue weighted by atomic mass is 10.1. The summed E-state index contributed by atoms with van der Waals surface area (Å²) in [5, 5.41) is 4.29. The second-order valence-electron chi connectivity index (χ2n) is 8.54. The third kappa shape index (κ3) is 4.26. The zero-order valence-electron chi connectivity index (χ0n) is 19.9. The molecule has 1 saturated heterocycles. The third-order valence-corrected chi connectivity index (χ3v) is 6.28. The molecule has 176 valence electrons. The topological polar surface area (TPSA) is 90.2 Å². The number of imidazole rings is 1. The molecule has 0 saturated carbocycles. The summed E-state index contributed by atoms with van der Waals surface area (Å²) in [5.74, 6) is 2.95. The fraction of sp³-hybridized carbons (Fsp3) is 0.360. The van der Waals surface area contributed by atoms with Crippen molar-refractivity contribution in [2.75, 3.05) is 37.5 Å². The molecule has 0 bridgehead atoms. The van der Waals surface area contributed by atoms with Gasteiger partial charge in [-0.25, -0.2) is 19.9 Å². The van der Waals surface area contributed by atoms with Gasteiger partial charge in [0.25, 0.3) is 0 Å². The number of piperidine rings is 1. The van der Waals surface area contributed by atoms with E-state index in [1.54, 1.807) is 20.4 Å². The Kier molecular flexibility index (Phi) is 6.02. The van der Waals surface area contributed by atoms with Crippen LogP contribution in [-0.2, 0) is 11.8 Å². The summed E-state index contributed by atoms with van der Waals surface area (Å²) in [7, 11) is 5.40. The molecule has 4 aromatic rings. The number of methoxy groups -OCH3 is 2. The quantitative estimate of drug-likeness (QED) is 0.461. The molecule has 1 aliphatic heterocycles. The summed E-state index contributed by atoms with van der Waals surface area (Å²) in [4.78, 5) is 21.0. The Hall–Kier alpha value is -3.72. The minimum Gasteiger partial charge on any atom is -0.495 e. The second kappa shape index (κ2) is 9.26. The highest BCUT2D eigenvalue weighted by molar-refractivity contribution is 5.89. The van der Waals surface area contributed by atoms with E-state index in [1.807, 2.05) is 55.2 Å². The van der Waals surface area contributed by atoms with Gasteiger partial charge in [-0.15, -0.1) is 0 Å². The number of hydrogen-bond donors (Lipinski definition) is 1. The highest BCUT2D eigenvalue weighted by Gasteiger charge is 2.22. The lowest BCUT2D eigenvalue weighted by Gasteiger charge is -2.32. The Morgan fingerprint density at radius 2 is 1.88 bits per heavy atom. The van der Waals surface area contributed by atoms with Crippen LogP contribution in [0, 0.1) is 6.92 Å². The van der Waals surface area contributed by atoms with Crippen LogP contribution in [0.1, 0.15) is 18.5 Å². The SMILES string of the molecule is COc1cc(-c2nccn2C)ccc1Nc1ncc2cc(C)nc(N3CCC(OC)CC3)c2n1. The van der Waals surface area contributed by atoms with Gasteiger partial charge in [-0.3, -0.25) is 0 Å². The van der Waals surface area contributed by atoms with Crippen molar-refractivity contribution in [3.05, 3.63) is 48.5 Å². The smallest absolute Gasteiger partial charge is 0.227 e. The summed E-state index contributed by atoms with van der Waals surface area (Å²) in [5.41, 5.74) is 3.54. The Bertz CT molecular complexity index is 1310. The number of ether oxygens (including phenoxy) is 2. The number of fused-ring (bicyclic) bond motifs is 1. The number of rotatable bonds is 6. The van der Waals surface area contributed by atoms with Gasteiger partial charge in [0.2, 0.25) is 5.95 Å². The highest BCUT2D eigenvalue weighted by atomic mass is 16.5. The lowest BCUT2D eigenvalue weighted by Crippen LogP contribution is -2.37. The zero-order chi connectivity index (χ0) is 23.7. The molecule has 5 rings (SSSR count). The Balaban J connectivity index is 1.47. The molecule has 0 atom stereocenters. The molecule has 0 radical (unpaired) electrons. The molecule has 4 heterocycles. The van der Waals surface area contributed by atoms with Crippen LogP contribution in [0.25, 0.3) is 22.3 Å². The first-order chi connectivity index (χ1) is 16.6. The molecule has 0 unspecified atom stereocenters. The van der Waals surface area contributed by atoms with Crippen LogP contribution in [0.2, 0.25) is 0 Å².